The molecule has 0 aliphatic rings. The summed E-state index contributed by atoms with van der Waals surface area (Å²) in [6, 6.07) is 11.0. The summed E-state index contributed by atoms with van der Waals surface area (Å²) >= 11 is 0. The second-order valence-electron chi connectivity index (χ2n) is 6.21. The predicted molar refractivity (Wildman–Crippen MR) is 112 cm³/mol. The van der Waals surface area contributed by atoms with Crippen molar-refractivity contribution in [2.24, 2.45) is 5.73 Å². The number of carbonyl (C=O) groups is 1. The Bertz CT molecular complexity index is 899. The average molecular weight is 429 g/mol. The van der Waals surface area contributed by atoms with Gasteiger partial charge < -0.3 is 20.5 Å². The zero-order valence-corrected chi connectivity index (χ0v) is 17.6. The van der Waals surface area contributed by atoms with Crippen molar-refractivity contribution in [1.29, 1.82) is 0 Å². The Morgan fingerprint density at radius 1 is 1.14 bits per heavy atom. The van der Waals surface area contributed by atoms with Gasteiger partial charge in [-0.15, -0.1) is 12.4 Å². The number of ether oxygens (including phenoxy) is 2. The van der Waals surface area contributed by atoms with Crippen molar-refractivity contribution >= 4 is 33.8 Å². The van der Waals surface area contributed by atoms with Crippen molar-refractivity contribution in [2.75, 3.05) is 24.7 Å². The largest absolute Gasteiger partial charge is 0.492 e. The molecule has 28 heavy (non-hydrogen) atoms. The van der Waals surface area contributed by atoms with Gasteiger partial charge >= 0.3 is 0 Å². The lowest BCUT2D eigenvalue weighted by Crippen LogP contribution is -2.16. The number of hydrogen-bond donors (Lipinski definition) is 2. The summed E-state index contributed by atoms with van der Waals surface area (Å²) in [6.45, 7) is 4.46. The van der Waals surface area contributed by atoms with Gasteiger partial charge in [0.05, 0.1) is 16.6 Å². The molecule has 0 heterocycles. The molecule has 3 N–H and O–H groups in total. The minimum absolute atomic E-state index is 0. The number of benzene rings is 2. The first-order chi connectivity index (χ1) is 12.7. The van der Waals surface area contributed by atoms with Gasteiger partial charge in [0.2, 0.25) is 0 Å². The lowest BCUT2D eigenvalue weighted by Gasteiger charge is -2.15. The SMILES string of the molecule is CC(C)Oc1ccc(S(C)(=O)=O)cc1C(=O)Nc1ccc(OCCN)cc1.Cl. The molecule has 0 spiro atoms. The van der Waals surface area contributed by atoms with Gasteiger partial charge in [-0.1, -0.05) is 0 Å². The predicted octanol–water partition coefficient (Wildman–Crippen LogP) is 2.89. The molecule has 1 amide bonds. The minimum Gasteiger partial charge on any atom is -0.492 e. The summed E-state index contributed by atoms with van der Waals surface area (Å²) in [7, 11) is -3.45. The van der Waals surface area contributed by atoms with Crippen molar-refractivity contribution in [2.45, 2.75) is 24.8 Å². The zero-order valence-electron chi connectivity index (χ0n) is 16.0. The monoisotopic (exact) mass is 428 g/mol. The summed E-state index contributed by atoms with van der Waals surface area (Å²) < 4.78 is 34.7. The summed E-state index contributed by atoms with van der Waals surface area (Å²) in [4.78, 5) is 12.8. The average Bonchev–Trinajstić information content (AvgIpc) is 2.60. The van der Waals surface area contributed by atoms with E-state index in [0.717, 1.165) is 6.26 Å². The molecule has 0 atom stereocenters. The van der Waals surface area contributed by atoms with Gasteiger partial charge in [0, 0.05) is 18.5 Å². The van der Waals surface area contributed by atoms with E-state index in [0.29, 0.717) is 30.3 Å². The van der Waals surface area contributed by atoms with E-state index in [2.05, 4.69) is 5.32 Å². The number of nitrogens with two attached hydrogens (primary N) is 1. The maximum Gasteiger partial charge on any atom is 0.259 e. The molecule has 2 aromatic rings. The highest BCUT2D eigenvalue weighted by Gasteiger charge is 2.18. The van der Waals surface area contributed by atoms with Crippen LogP contribution in [-0.4, -0.2) is 39.8 Å². The Morgan fingerprint density at radius 3 is 2.32 bits per heavy atom. The van der Waals surface area contributed by atoms with Gasteiger partial charge in [-0.3, -0.25) is 4.79 Å². The van der Waals surface area contributed by atoms with Crippen LogP contribution >= 0.6 is 12.4 Å². The summed E-state index contributed by atoms with van der Waals surface area (Å²) in [5, 5.41) is 2.74. The summed E-state index contributed by atoms with van der Waals surface area (Å²) in [5.74, 6) is 0.492. The first kappa shape index (κ1) is 23.7. The van der Waals surface area contributed by atoms with E-state index >= 15 is 0 Å². The van der Waals surface area contributed by atoms with Crippen LogP contribution in [0.4, 0.5) is 5.69 Å². The van der Waals surface area contributed by atoms with Crippen molar-refractivity contribution in [3.63, 3.8) is 0 Å². The smallest absolute Gasteiger partial charge is 0.259 e. The molecule has 0 aromatic heterocycles. The molecular weight excluding hydrogens is 404 g/mol. The van der Waals surface area contributed by atoms with E-state index in [9.17, 15) is 13.2 Å². The third-order valence-corrected chi connectivity index (χ3v) is 4.60. The van der Waals surface area contributed by atoms with E-state index in [4.69, 9.17) is 15.2 Å². The fourth-order valence-corrected chi connectivity index (χ4v) is 2.93. The molecule has 0 saturated carbocycles. The van der Waals surface area contributed by atoms with Crippen LogP contribution in [0.3, 0.4) is 0 Å². The standard InChI is InChI=1S/C19H24N2O5S.ClH/c1-13(2)26-18-9-8-16(27(3,23)24)12-17(18)19(22)21-14-4-6-15(7-5-14)25-11-10-20;/h4-9,12-13H,10-11,20H2,1-3H3,(H,21,22);1H. The Labute approximate surface area is 171 Å². The molecule has 154 valence electrons. The number of nitrogens with one attached hydrogen (secondary N) is 1. The van der Waals surface area contributed by atoms with E-state index in [1.54, 1.807) is 24.3 Å². The Balaban J connectivity index is 0.00000392. The molecular formula is C19H25ClN2O5S. The Kier molecular flexibility index (Phi) is 8.74. The Hall–Kier alpha value is -2.29. The van der Waals surface area contributed by atoms with Gasteiger partial charge in [-0.2, -0.15) is 0 Å². The number of amides is 1. The highest BCUT2D eigenvalue weighted by Crippen LogP contribution is 2.25. The molecule has 0 radical (unpaired) electrons. The van der Waals surface area contributed by atoms with Gasteiger partial charge in [0.1, 0.15) is 18.1 Å². The number of sulfone groups is 1. The first-order valence-corrected chi connectivity index (χ1v) is 10.3. The van der Waals surface area contributed by atoms with Crippen molar-refractivity contribution in [3.8, 4) is 11.5 Å². The molecule has 0 bridgehead atoms. The number of rotatable bonds is 8. The lowest BCUT2D eigenvalue weighted by atomic mass is 10.1. The maximum atomic E-state index is 12.7. The van der Waals surface area contributed by atoms with Gasteiger partial charge in [-0.25, -0.2) is 8.42 Å². The number of halogens is 1. The van der Waals surface area contributed by atoms with E-state index in [1.807, 2.05) is 13.8 Å². The van der Waals surface area contributed by atoms with Crippen LogP contribution in [0.2, 0.25) is 0 Å². The van der Waals surface area contributed by atoms with E-state index < -0.39 is 15.7 Å². The maximum absolute atomic E-state index is 12.7. The molecule has 7 nitrogen and oxygen atoms in total. The first-order valence-electron chi connectivity index (χ1n) is 8.45. The van der Waals surface area contributed by atoms with Crippen molar-refractivity contribution < 1.29 is 22.7 Å². The van der Waals surface area contributed by atoms with Crippen LogP contribution in [0, 0.1) is 0 Å². The molecule has 0 saturated heterocycles. The Morgan fingerprint density at radius 2 is 1.79 bits per heavy atom. The van der Waals surface area contributed by atoms with Crippen LogP contribution < -0.4 is 20.5 Å². The highest BCUT2D eigenvalue weighted by atomic mass is 35.5. The third-order valence-electron chi connectivity index (χ3n) is 3.49. The van der Waals surface area contributed by atoms with Crippen molar-refractivity contribution in [1.82, 2.24) is 0 Å². The van der Waals surface area contributed by atoms with Gasteiger partial charge in [-0.05, 0) is 56.3 Å². The van der Waals surface area contributed by atoms with Crippen LogP contribution in [0.5, 0.6) is 11.5 Å². The topological polar surface area (TPSA) is 108 Å². The number of carbonyl (C=O) groups excluding carboxylic acids is 1. The zero-order chi connectivity index (χ0) is 20.0. The van der Waals surface area contributed by atoms with E-state index in [1.165, 1.54) is 18.2 Å². The molecule has 2 aromatic carbocycles. The fraction of sp³-hybridized carbons (Fsp3) is 0.316. The number of hydrogen-bond acceptors (Lipinski definition) is 6. The van der Waals surface area contributed by atoms with Crippen LogP contribution in [-0.2, 0) is 9.84 Å². The van der Waals surface area contributed by atoms with Crippen molar-refractivity contribution in [3.05, 3.63) is 48.0 Å². The fourth-order valence-electron chi connectivity index (χ4n) is 2.28. The lowest BCUT2D eigenvalue weighted by molar-refractivity contribution is 0.102. The highest BCUT2D eigenvalue weighted by molar-refractivity contribution is 7.90. The van der Waals surface area contributed by atoms with Gasteiger partial charge in [0.15, 0.2) is 9.84 Å². The molecule has 0 fully saturated rings. The van der Waals surface area contributed by atoms with Crippen LogP contribution in [0.1, 0.15) is 24.2 Å². The second-order valence-corrected chi connectivity index (χ2v) is 8.23. The normalized spacial score (nSPS) is 10.9. The molecule has 0 aliphatic heterocycles. The minimum atomic E-state index is -3.45. The quantitative estimate of drug-likeness (QED) is 0.669. The second kappa shape index (κ2) is 10.3. The molecule has 0 aliphatic carbocycles. The summed E-state index contributed by atoms with van der Waals surface area (Å²) in [6.07, 6.45) is 0.923. The summed E-state index contributed by atoms with van der Waals surface area (Å²) in [5.41, 5.74) is 6.08. The third kappa shape index (κ3) is 6.70. The van der Waals surface area contributed by atoms with Gasteiger partial charge in [0.25, 0.3) is 5.91 Å². The van der Waals surface area contributed by atoms with Crippen LogP contribution in [0.15, 0.2) is 47.4 Å². The molecule has 9 heteroatoms. The molecule has 0 unspecified atom stereocenters. The molecule has 2 rings (SSSR count). The van der Waals surface area contributed by atoms with E-state index in [-0.39, 0.29) is 29.0 Å². The number of anilines is 1. The van der Waals surface area contributed by atoms with Crippen LogP contribution in [0.25, 0.3) is 0 Å².